The molecule has 4 rings (SSSR count). The first-order valence-corrected chi connectivity index (χ1v) is 11.2. The lowest BCUT2D eigenvalue weighted by Gasteiger charge is -2.25. The van der Waals surface area contributed by atoms with Gasteiger partial charge in [-0.15, -0.1) is 0 Å². The fourth-order valence-electron chi connectivity index (χ4n) is 3.62. The maximum atomic E-state index is 13.6. The molecule has 3 amide bonds. The van der Waals surface area contributed by atoms with Crippen molar-refractivity contribution in [1.82, 2.24) is 20.2 Å². The number of halogens is 5. The monoisotopic (exact) mass is 548 g/mol. The second-order valence-corrected chi connectivity index (χ2v) is 8.25. The Morgan fingerprint density at radius 2 is 1.79 bits per heavy atom. The predicted molar refractivity (Wildman–Crippen MR) is 127 cm³/mol. The van der Waals surface area contributed by atoms with Crippen molar-refractivity contribution in [1.29, 1.82) is 5.26 Å². The predicted octanol–water partition coefficient (Wildman–Crippen LogP) is 3.87. The number of fused-ring (bicyclic) bond motifs is 1. The molecule has 0 radical (unpaired) electrons. The summed E-state index contributed by atoms with van der Waals surface area (Å²) in [6.45, 7) is 1.76. The number of carbonyl (C=O) groups excluding carboxylic acids is 3. The van der Waals surface area contributed by atoms with Crippen LogP contribution in [0, 0.1) is 29.9 Å². The summed E-state index contributed by atoms with van der Waals surface area (Å²) in [5.41, 5.74) is -0.730. The summed E-state index contributed by atoms with van der Waals surface area (Å²) >= 11 is 0. The number of aromatic nitrogens is 2. The number of nitrogens with one attached hydrogen (secondary N) is 3. The van der Waals surface area contributed by atoms with Gasteiger partial charge in [0.05, 0.1) is 30.3 Å². The maximum Gasteiger partial charge on any atom is 0.416 e. The molecular formula is C25H21F5N6O3. The molecule has 0 fully saturated rings. The molecule has 0 aliphatic carbocycles. The van der Waals surface area contributed by atoms with Crippen molar-refractivity contribution in [3.8, 4) is 6.07 Å². The molecule has 0 bridgehead atoms. The highest BCUT2D eigenvalue weighted by atomic mass is 19.4. The van der Waals surface area contributed by atoms with Gasteiger partial charge in [0.1, 0.15) is 17.7 Å². The Morgan fingerprint density at radius 1 is 1.13 bits per heavy atom. The van der Waals surface area contributed by atoms with Gasteiger partial charge < -0.3 is 20.5 Å². The van der Waals surface area contributed by atoms with Crippen LogP contribution in [-0.2, 0) is 17.5 Å². The molecule has 1 aromatic heterocycles. The summed E-state index contributed by atoms with van der Waals surface area (Å²) in [4.78, 5) is 40.9. The van der Waals surface area contributed by atoms with Gasteiger partial charge in [0.15, 0.2) is 5.82 Å². The van der Waals surface area contributed by atoms with E-state index in [0.717, 1.165) is 5.56 Å². The van der Waals surface area contributed by atoms with E-state index >= 15 is 0 Å². The highest BCUT2D eigenvalue weighted by Crippen LogP contribution is 2.31. The smallest absolute Gasteiger partial charge is 0.352 e. The van der Waals surface area contributed by atoms with Crippen LogP contribution >= 0.6 is 0 Å². The molecule has 0 spiro atoms. The summed E-state index contributed by atoms with van der Waals surface area (Å²) in [6, 6.07) is 8.45. The molecule has 1 aliphatic rings. The zero-order valence-corrected chi connectivity index (χ0v) is 20.5. The van der Waals surface area contributed by atoms with Gasteiger partial charge in [-0.1, -0.05) is 17.7 Å². The molecule has 2 aromatic carbocycles. The van der Waals surface area contributed by atoms with Gasteiger partial charge in [0, 0.05) is 12.6 Å². The topological polar surface area (TPSA) is 129 Å². The third-order valence-electron chi connectivity index (χ3n) is 5.50. The molecule has 9 nitrogen and oxygen atoms in total. The Kier molecular flexibility index (Phi) is 8.64. The second kappa shape index (κ2) is 11.7. The Hall–Kier alpha value is -4.80. The van der Waals surface area contributed by atoms with Crippen LogP contribution in [0.4, 0.5) is 27.8 Å². The van der Waals surface area contributed by atoms with Crippen LogP contribution < -0.4 is 16.0 Å². The third-order valence-corrected chi connectivity index (χ3v) is 5.50. The van der Waals surface area contributed by atoms with Gasteiger partial charge in [-0.3, -0.25) is 14.4 Å². The molecule has 1 unspecified atom stereocenters. The fourth-order valence-corrected chi connectivity index (χ4v) is 3.62. The number of anilines is 1. The quantitative estimate of drug-likeness (QED) is 0.427. The van der Waals surface area contributed by atoms with E-state index in [0.29, 0.717) is 12.1 Å². The standard InChI is InChI=1S/C18H14F4N6O3.C7H7F/c1-24-17(31)14-26-13(12-7-25-16(30)11(2-3-23)28(12)14)27-15(29)8-4-9(18(20,21)22)6-10(19)5-8;1-6-2-4-7(8)5-3-6/h4-6,11H,2,7H2,1H3,(H,24,31)(H,25,30)(H,27,29);2-5H,1H3. The zero-order valence-electron chi connectivity index (χ0n) is 20.5. The number of aryl methyl sites for hydroxylation is 1. The van der Waals surface area contributed by atoms with Gasteiger partial charge in [0.25, 0.3) is 11.8 Å². The number of amides is 3. The molecular weight excluding hydrogens is 527 g/mol. The molecule has 14 heteroatoms. The fraction of sp³-hybridized carbons (Fsp3) is 0.240. The van der Waals surface area contributed by atoms with Crippen molar-refractivity contribution in [2.24, 2.45) is 0 Å². The Labute approximate surface area is 218 Å². The number of carbonyl (C=O) groups is 3. The first-order chi connectivity index (χ1) is 18.3. The number of alkyl halides is 3. The molecule has 2 heterocycles. The second-order valence-electron chi connectivity index (χ2n) is 8.25. The Morgan fingerprint density at radius 3 is 2.36 bits per heavy atom. The molecule has 0 saturated heterocycles. The SMILES string of the molecule is CNC(=O)c1nc(NC(=O)c2cc(F)cc(C(F)(F)F)c2)c2n1C(CC#N)C(=O)NC2.Cc1ccc(F)cc1. The van der Waals surface area contributed by atoms with Gasteiger partial charge in [0.2, 0.25) is 11.7 Å². The lowest BCUT2D eigenvalue weighted by molar-refractivity contribution is -0.137. The molecule has 39 heavy (non-hydrogen) atoms. The molecule has 1 aliphatic heterocycles. The van der Waals surface area contributed by atoms with Gasteiger partial charge in [-0.2, -0.15) is 18.4 Å². The largest absolute Gasteiger partial charge is 0.416 e. The Balaban J connectivity index is 0.000000449. The average Bonchev–Trinajstić information content (AvgIpc) is 3.24. The van der Waals surface area contributed by atoms with Crippen LogP contribution in [0.25, 0.3) is 0 Å². The number of hydrogen-bond donors (Lipinski definition) is 3. The van der Waals surface area contributed by atoms with Crippen molar-refractivity contribution in [3.05, 3.63) is 82.3 Å². The molecule has 204 valence electrons. The van der Waals surface area contributed by atoms with Crippen molar-refractivity contribution in [2.75, 3.05) is 12.4 Å². The van der Waals surface area contributed by atoms with E-state index in [2.05, 4.69) is 20.9 Å². The number of hydrogen-bond acceptors (Lipinski definition) is 5. The number of nitrogens with zero attached hydrogens (tertiary/aromatic N) is 3. The summed E-state index contributed by atoms with van der Waals surface area (Å²) in [5, 5.41) is 16.1. The normalized spacial score (nSPS) is 14.2. The van der Waals surface area contributed by atoms with Crippen LogP contribution in [-0.4, -0.2) is 34.3 Å². The van der Waals surface area contributed by atoms with E-state index in [1.54, 1.807) is 12.1 Å². The van der Waals surface area contributed by atoms with E-state index in [1.165, 1.54) is 23.7 Å². The minimum Gasteiger partial charge on any atom is -0.352 e. The van der Waals surface area contributed by atoms with Gasteiger partial charge in [-0.05, 0) is 37.3 Å². The van der Waals surface area contributed by atoms with E-state index < -0.39 is 46.9 Å². The number of rotatable bonds is 4. The van der Waals surface area contributed by atoms with E-state index in [4.69, 9.17) is 5.26 Å². The maximum absolute atomic E-state index is 13.6. The summed E-state index contributed by atoms with van der Waals surface area (Å²) < 4.78 is 65.7. The number of benzene rings is 2. The van der Waals surface area contributed by atoms with Crippen LogP contribution in [0.15, 0.2) is 42.5 Å². The van der Waals surface area contributed by atoms with Gasteiger partial charge in [-0.25, -0.2) is 13.8 Å². The van der Waals surface area contributed by atoms with Gasteiger partial charge >= 0.3 is 6.18 Å². The van der Waals surface area contributed by atoms with E-state index in [9.17, 15) is 36.3 Å². The van der Waals surface area contributed by atoms with E-state index in [1.807, 2.05) is 13.0 Å². The van der Waals surface area contributed by atoms with Crippen LogP contribution in [0.3, 0.4) is 0 Å². The molecule has 3 N–H and O–H groups in total. The summed E-state index contributed by atoms with van der Waals surface area (Å²) in [5.74, 6) is -4.31. The highest BCUT2D eigenvalue weighted by molar-refractivity contribution is 6.05. The van der Waals surface area contributed by atoms with Crippen molar-refractivity contribution in [2.45, 2.75) is 32.1 Å². The zero-order chi connectivity index (χ0) is 28.9. The molecule has 1 atom stereocenters. The number of nitriles is 1. The molecule has 0 saturated carbocycles. The van der Waals surface area contributed by atoms with Crippen molar-refractivity contribution in [3.63, 3.8) is 0 Å². The average molecular weight is 548 g/mol. The van der Waals surface area contributed by atoms with Crippen LogP contribution in [0.1, 0.15) is 50.3 Å². The van der Waals surface area contributed by atoms with Crippen molar-refractivity contribution >= 4 is 23.5 Å². The third kappa shape index (κ3) is 6.75. The van der Waals surface area contributed by atoms with Crippen LogP contribution in [0.2, 0.25) is 0 Å². The lowest BCUT2D eigenvalue weighted by Crippen LogP contribution is -2.40. The lowest BCUT2D eigenvalue weighted by atomic mass is 10.1. The number of imidazole rings is 1. The van der Waals surface area contributed by atoms with Crippen LogP contribution in [0.5, 0.6) is 0 Å². The summed E-state index contributed by atoms with van der Waals surface area (Å²) in [6.07, 6.45) is -5.17. The highest BCUT2D eigenvalue weighted by Gasteiger charge is 2.35. The van der Waals surface area contributed by atoms with Crippen molar-refractivity contribution < 1.29 is 36.3 Å². The van der Waals surface area contributed by atoms with E-state index in [-0.39, 0.29) is 42.2 Å². The minimum atomic E-state index is -4.87. The minimum absolute atomic E-state index is 0.152. The first kappa shape index (κ1) is 28.8. The summed E-state index contributed by atoms with van der Waals surface area (Å²) in [7, 11) is 1.30. The molecule has 3 aromatic rings. The Bertz CT molecular complexity index is 1420. The first-order valence-electron chi connectivity index (χ1n) is 11.2.